The summed E-state index contributed by atoms with van der Waals surface area (Å²) in [6, 6.07) is 6.55. The first-order valence-electron chi connectivity index (χ1n) is 9.11. The van der Waals surface area contributed by atoms with Gasteiger partial charge in [0.1, 0.15) is 5.82 Å². The highest BCUT2D eigenvalue weighted by molar-refractivity contribution is 6.30. The van der Waals surface area contributed by atoms with E-state index < -0.39 is 5.82 Å². The van der Waals surface area contributed by atoms with Crippen LogP contribution in [0.15, 0.2) is 36.7 Å². The van der Waals surface area contributed by atoms with Crippen LogP contribution in [0, 0.1) is 18.7 Å². The molecular weight excluding hydrogens is 381 g/mol. The van der Waals surface area contributed by atoms with Crippen molar-refractivity contribution >= 4 is 23.3 Å². The Morgan fingerprint density at radius 2 is 2.11 bits per heavy atom. The molecule has 1 aromatic carbocycles. The van der Waals surface area contributed by atoms with Crippen LogP contribution < -0.4 is 4.90 Å². The number of nitrogens with zero attached hydrogens (tertiary/aromatic N) is 4. The number of benzene rings is 1. The van der Waals surface area contributed by atoms with Crippen LogP contribution >= 0.6 is 11.6 Å². The fraction of sp³-hybridized carbons (Fsp3) is 0.300. The molecule has 0 spiro atoms. The molecule has 3 heterocycles. The number of piperidine rings is 1. The van der Waals surface area contributed by atoms with E-state index in [1.165, 1.54) is 12.1 Å². The molecule has 1 N–H and O–H groups in total. The maximum atomic E-state index is 13.7. The van der Waals surface area contributed by atoms with Crippen LogP contribution in [0.5, 0.6) is 0 Å². The van der Waals surface area contributed by atoms with Gasteiger partial charge in [0.15, 0.2) is 5.82 Å². The number of aromatic nitrogens is 4. The molecule has 0 saturated carbocycles. The van der Waals surface area contributed by atoms with Gasteiger partial charge in [-0.25, -0.2) is 4.39 Å². The van der Waals surface area contributed by atoms with Gasteiger partial charge in [0.2, 0.25) is 5.91 Å². The molecule has 1 saturated heterocycles. The zero-order valence-corrected chi connectivity index (χ0v) is 16.1. The molecule has 8 heteroatoms. The summed E-state index contributed by atoms with van der Waals surface area (Å²) >= 11 is 5.75. The predicted octanol–water partition coefficient (Wildman–Crippen LogP) is 3.95. The number of rotatable bonds is 4. The van der Waals surface area contributed by atoms with Crippen molar-refractivity contribution in [1.82, 2.24) is 20.4 Å². The van der Waals surface area contributed by atoms with Gasteiger partial charge in [-0.05, 0) is 49.4 Å². The number of carbonyl (C=O) groups excluding carboxylic acids is 1. The van der Waals surface area contributed by atoms with Gasteiger partial charge >= 0.3 is 0 Å². The number of H-pyrrole nitrogens is 1. The fourth-order valence-corrected chi connectivity index (χ4v) is 3.69. The average molecular weight is 400 g/mol. The van der Waals surface area contributed by atoms with E-state index in [0.29, 0.717) is 18.8 Å². The molecule has 1 aliphatic rings. The maximum Gasteiger partial charge on any atom is 0.231 e. The van der Waals surface area contributed by atoms with Gasteiger partial charge in [0.05, 0.1) is 23.1 Å². The van der Waals surface area contributed by atoms with E-state index in [2.05, 4.69) is 20.4 Å². The molecule has 0 aliphatic carbocycles. The van der Waals surface area contributed by atoms with Crippen molar-refractivity contribution in [3.05, 3.63) is 58.6 Å². The lowest BCUT2D eigenvalue weighted by Gasteiger charge is -2.30. The number of nitrogens with one attached hydrogen (secondary N) is 1. The van der Waals surface area contributed by atoms with Crippen LogP contribution in [0.3, 0.4) is 0 Å². The molecule has 0 bridgehead atoms. The van der Waals surface area contributed by atoms with Crippen molar-refractivity contribution in [2.24, 2.45) is 5.92 Å². The second-order valence-corrected chi connectivity index (χ2v) is 7.41. The molecule has 144 valence electrons. The van der Waals surface area contributed by atoms with Crippen molar-refractivity contribution in [3.63, 3.8) is 0 Å². The summed E-state index contributed by atoms with van der Waals surface area (Å²) in [4.78, 5) is 14.7. The lowest BCUT2D eigenvalue weighted by Crippen LogP contribution is -2.42. The first-order valence-corrected chi connectivity index (χ1v) is 9.49. The summed E-state index contributed by atoms with van der Waals surface area (Å²) in [6.07, 6.45) is 5.47. The second-order valence-electron chi connectivity index (χ2n) is 7.01. The topological polar surface area (TPSA) is 74.8 Å². The van der Waals surface area contributed by atoms with Crippen molar-refractivity contribution in [1.29, 1.82) is 0 Å². The van der Waals surface area contributed by atoms with Gasteiger partial charge in [-0.3, -0.25) is 14.8 Å². The zero-order valence-electron chi connectivity index (χ0n) is 15.3. The van der Waals surface area contributed by atoms with E-state index in [0.717, 1.165) is 35.2 Å². The Labute approximate surface area is 166 Å². The molecular formula is C20H19ClFN5O. The lowest BCUT2D eigenvalue weighted by molar-refractivity contribution is -0.123. The summed E-state index contributed by atoms with van der Waals surface area (Å²) in [5, 5.41) is 15.2. The third kappa shape index (κ3) is 3.62. The molecule has 3 aromatic rings. The van der Waals surface area contributed by atoms with Gasteiger partial charge in [0, 0.05) is 24.1 Å². The van der Waals surface area contributed by atoms with Crippen LogP contribution in [0.4, 0.5) is 10.2 Å². The Kier molecular flexibility index (Phi) is 5.09. The van der Waals surface area contributed by atoms with Gasteiger partial charge in [-0.2, -0.15) is 15.3 Å². The number of anilines is 1. The Morgan fingerprint density at radius 3 is 2.89 bits per heavy atom. The van der Waals surface area contributed by atoms with Crippen LogP contribution in [0.1, 0.15) is 24.0 Å². The van der Waals surface area contributed by atoms with E-state index in [-0.39, 0.29) is 16.8 Å². The van der Waals surface area contributed by atoms with E-state index >= 15 is 0 Å². The fourth-order valence-electron chi connectivity index (χ4n) is 3.57. The number of halogens is 2. The Bertz CT molecular complexity index is 1020. The highest BCUT2D eigenvalue weighted by atomic mass is 35.5. The van der Waals surface area contributed by atoms with Crippen molar-refractivity contribution < 1.29 is 9.18 Å². The molecule has 1 aliphatic heterocycles. The minimum absolute atomic E-state index is 0.00392. The van der Waals surface area contributed by atoms with Crippen LogP contribution in [0.2, 0.25) is 5.02 Å². The minimum Gasteiger partial charge on any atom is -0.295 e. The predicted molar refractivity (Wildman–Crippen MR) is 105 cm³/mol. The van der Waals surface area contributed by atoms with Crippen LogP contribution in [0.25, 0.3) is 11.3 Å². The van der Waals surface area contributed by atoms with Crippen molar-refractivity contribution in [3.8, 4) is 11.3 Å². The standard InChI is InChI=1S/C20H19ClFN5O/c1-12-10-23-24-11-15(12)18-9-19(26-25-18)27-6-2-3-14(20(27)28)7-13-4-5-16(21)17(22)8-13/h4-5,8-11,14H,2-3,6-7H2,1H3,(H,25,26)/t14-/m0/s1. The number of aromatic amines is 1. The molecule has 1 fully saturated rings. The summed E-state index contributed by atoms with van der Waals surface area (Å²) < 4.78 is 13.7. The Hall–Kier alpha value is -2.80. The smallest absolute Gasteiger partial charge is 0.231 e. The van der Waals surface area contributed by atoms with Gasteiger partial charge < -0.3 is 0 Å². The number of hydrogen-bond donors (Lipinski definition) is 1. The molecule has 4 rings (SSSR count). The molecule has 0 unspecified atom stereocenters. The SMILES string of the molecule is Cc1cnncc1-c1cc(N2CCC[C@@H](Cc3ccc(Cl)c(F)c3)C2=O)n[nH]1. The van der Waals surface area contributed by atoms with Crippen LogP contribution in [-0.4, -0.2) is 32.8 Å². The number of amides is 1. The molecule has 6 nitrogen and oxygen atoms in total. The first kappa shape index (κ1) is 18.6. The van der Waals surface area contributed by atoms with Gasteiger partial charge in [-0.1, -0.05) is 17.7 Å². The largest absolute Gasteiger partial charge is 0.295 e. The normalized spacial score (nSPS) is 17.2. The molecule has 28 heavy (non-hydrogen) atoms. The number of hydrogen-bond acceptors (Lipinski definition) is 4. The van der Waals surface area contributed by atoms with E-state index in [9.17, 15) is 9.18 Å². The Morgan fingerprint density at radius 1 is 1.29 bits per heavy atom. The summed E-state index contributed by atoms with van der Waals surface area (Å²) in [5.41, 5.74) is 3.42. The quantitative estimate of drug-likeness (QED) is 0.720. The van der Waals surface area contributed by atoms with Gasteiger partial charge in [-0.15, -0.1) is 0 Å². The van der Waals surface area contributed by atoms with E-state index in [1.54, 1.807) is 23.4 Å². The molecule has 1 amide bonds. The zero-order chi connectivity index (χ0) is 19.7. The molecule has 1 atom stereocenters. The highest BCUT2D eigenvalue weighted by Gasteiger charge is 2.31. The minimum atomic E-state index is -0.461. The summed E-state index contributed by atoms with van der Waals surface area (Å²) in [7, 11) is 0. The third-order valence-corrected chi connectivity index (χ3v) is 5.38. The average Bonchev–Trinajstić information content (AvgIpc) is 3.16. The summed E-state index contributed by atoms with van der Waals surface area (Å²) in [5.74, 6) is -0.0798. The highest BCUT2D eigenvalue weighted by Crippen LogP contribution is 2.29. The summed E-state index contributed by atoms with van der Waals surface area (Å²) in [6.45, 7) is 2.56. The number of carbonyl (C=O) groups is 1. The Balaban J connectivity index is 1.53. The monoisotopic (exact) mass is 399 g/mol. The lowest BCUT2D eigenvalue weighted by atomic mass is 9.90. The van der Waals surface area contributed by atoms with Crippen molar-refractivity contribution in [2.45, 2.75) is 26.2 Å². The van der Waals surface area contributed by atoms with E-state index in [4.69, 9.17) is 11.6 Å². The van der Waals surface area contributed by atoms with Gasteiger partial charge in [0.25, 0.3) is 0 Å². The van der Waals surface area contributed by atoms with Crippen molar-refractivity contribution in [2.75, 3.05) is 11.4 Å². The number of aryl methyl sites for hydroxylation is 1. The van der Waals surface area contributed by atoms with Crippen LogP contribution in [-0.2, 0) is 11.2 Å². The first-order chi connectivity index (χ1) is 13.5. The third-order valence-electron chi connectivity index (χ3n) is 5.08. The second kappa shape index (κ2) is 7.67. The molecule has 2 aromatic heterocycles. The van der Waals surface area contributed by atoms with E-state index in [1.807, 2.05) is 13.0 Å². The maximum absolute atomic E-state index is 13.7. The molecule has 0 radical (unpaired) electrons.